The molecule has 51 heavy (non-hydrogen) atoms. The summed E-state index contributed by atoms with van der Waals surface area (Å²) in [5.74, 6) is -2.94. The second kappa shape index (κ2) is 34.4. The van der Waals surface area contributed by atoms with Gasteiger partial charge in [0.05, 0.1) is 6.61 Å². The molecule has 0 saturated heterocycles. The molecule has 0 rings (SSSR count). The fraction of sp³-hybridized carbons (Fsp3) is 0.810. The van der Waals surface area contributed by atoms with Gasteiger partial charge in [0.15, 0.2) is 0 Å². The van der Waals surface area contributed by atoms with Gasteiger partial charge in [0.25, 0.3) is 0 Å². The first kappa shape index (κ1) is 49.6. The third-order valence-corrected chi connectivity index (χ3v) is 8.82. The van der Waals surface area contributed by atoms with Gasteiger partial charge in [-0.3, -0.25) is 0 Å². The number of hydrogen-bond donors (Lipinski definition) is 6. The molecule has 0 aromatic carbocycles. The highest BCUT2D eigenvalue weighted by molar-refractivity contribution is 4.93. The largest absolute Gasteiger partial charge is 0.379 e. The molecule has 0 spiro atoms. The molecule has 0 heterocycles. The minimum atomic E-state index is -3.69. The van der Waals surface area contributed by atoms with E-state index >= 15 is 0 Å². The lowest BCUT2D eigenvalue weighted by Crippen LogP contribution is -2.67. The summed E-state index contributed by atoms with van der Waals surface area (Å²) in [5, 5.41) is 60.0. The molecule has 0 aromatic rings. The molecule has 300 valence electrons. The first-order valence-corrected chi connectivity index (χ1v) is 20.4. The Labute approximate surface area is 312 Å². The van der Waals surface area contributed by atoms with E-state index in [0.717, 1.165) is 96.8 Å². The zero-order valence-corrected chi connectivity index (χ0v) is 32.8. The molecular weight excluding hydrogens is 646 g/mol. The molecule has 0 aliphatic rings. The lowest BCUT2D eigenvalue weighted by Gasteiger charge is -2.42. The van der Waals surface area contributed by atoms with Crippen molar-refractivity contribution < 1.29 is 40.1 Å². The monoisotopic (exact) mass is 726 g/mol. The fourth-order valence-electron chi connectivity index (χ4n) is 5.82. The van der Waals surface area contributed by atoms with Gasteiger partial charge in [0, 0.05) is 20.1 Å². The van der Waals surface area contributed by atoms with Gasteiger partial charge in [-0.05, 0) is 77.0 Å². The molecule has 6 N–H and O–H groups in total. The summed E-state index contributed by atoms with van der Waals surface area (Å²) in [6.07, 6.45) is 38.2. The third kappa shape index (κ3) is 31.8. The molecule has 9 nitrogen and oxygen atoms in total. The smallest absolute Gasteiger partial charge is 0.352 e. The SMILES string of the molecule is CCCCC/C=C\C/C=C\CCCCCCCCOCC(OCCCCCCCC/C=C\C/C=C\CCCCC)C(O)N(C(C)(O)O)C(O)(O)O. The van der Waals surface area contributed by atoms with Gasteiger partial charge in [-0.25, -0.2) is 0 Å². The molecule has 0 saturated carbocycles. The molecule has 0 amide bonds. The number of rotatable bonds is 37. The number of allylic oxidation sites excluding steroid dienone is 8. The van der Waals surface area contributed by atoms with Crippen molar-refractivity contribution >= 4 is 0 Å². The Hall–Kier alpha value is -1.40. The van der Waals surface area contributed by atoms with Crippen LogP contribution in [0.15, 0.2) is 48.6 Å². The van der Waals surface area contributed by atoms with E-state index in [-0.39, 0.29) is 18.1 Å². The summed E-state index contributed by atoms with van der Waals surface area (Å²) in [7, 11) is 0. The minimum Gasteiger partial charge on any atom is -0.379 e. The van der Waals surface area contributed by atoms with Gasteiger partial charge >= 0.3 is 6.10 Å². The van der Waals surface area contributed by atoms with Crippen LogP contribution in [-0.2, 0) is 9.47 Å². The topological polar surface area (TPSA) is 143 Å². The van der Waals surface area contributed by atoms with E-state index in [1.54, 1.807) is 0 Å². The lowest BCUT2D eigenvalue weighted by molar-refractivity contribution is -0.484. The minimum absolute atomic E-state index is 0.0348. The van der Waals surface area contributed by atoms with E-state index in [9.17, 15) is 30.6 Å². The van der Waals surface area contributed by atoms with E-state index in [2.05, 4.69) is 62.5 Å². The maximum absolute atomic E-state index is 10.8. The molecular formula is C42H79NO8. The summed E-state index contributed by atoms with van der Waals surface area (Å²) < 4.78 is 11.6. The van der Waals surface area contributed by atoms with Crippen molar-refractivity contribution in [2.75, 3.05) is 19.8 Å². The average molecular weight is 726 g/mol. The fourth-order valence-corrected chi connectivity index (χ4v) is 5.82. The van der Waals surface area contributed by atoms with Crippen molar-refractivity contribution in [3.8, 4) is 0 Å². The quantitative estimate of drug-likeness (QED) is 0.0210. The molecule has 0 radical (unpaired) electrons. The van der Waals surface area contributed by atoms with E-state index in [0.29, 0.717) is 6.61 Å². The van der Waals surface area contributed by atoms with Crippen LogP contribution in [-0.4, -0.2) is 79.7 Å². The maximum atomic E-state index is 10.8. The van der Waals surface area contributed by atoms with Crippen LogP contribution in [0.1, 0.15) is 175 Å². The summed E-state index contributed by atoms with van der Waals surface area (Å²) in [4.78, 5) is -0.0348. The van der Waals surface area contributed by atoms with Crippen molar-refractivity contribution in [1.82, 2.24) is 4.90 Å². The van der Waals surface area contributed by atoms with Crippen molar-refractivity contribution in [2.24, 2.45) is 0 Å². The van der Waals surface area contributed by atoms with Gasteiger partial charge in [-0.15, -0.1) is 4.90 Å². The maximum Gasteiger partial charge on any atom is 0.352 e. The highest BCUT2D eigenvalue weighted by Gasteiger charge is 2.48. The van der Waals surface area contributed by atoms with E-state index in [1.807, 2.05) is 0 Å². The van der Waals surface area contributed by atoms with E-state index in [1.165, 1.54) is 64.2 Å². The second-order valence-corrected chi connectivity index (χ2v) is 14.0. The van der Waals surface area contributed by atoms with Gasteiger partial charge < -0.3 is 40.1 Å². The first-order valence-electron chi connectivity index (χ1n) is 20.4. The number of aliphatic hydroxyl groups excluding tert-OH is 1. The molecule has 2 unspecified atom stereocenters. The third-order valence-electron chi connectivity index (χ3n) is 8.82. The standard InChI is InChI=1S/C42H79NO8/c1-4-6-8-10-12-14-16-18-20-22-24-26-28-30-32-34-36-50-38-39(40(44)43(41(3,45)46)42(47,48)49)51-37-35-33-31-29-27-25-23-21-19-17-15-13-11-9-7-5-2/h12-15,18-21,39-40,44-49H,4-11,16-17,22-38H2,1-3H3/b14-12-,15-13-,20-18-,21-19-. The van der Waals surface area contributed by atoms with Gasteiger partial charge in [-0.1, -0.05) is 140 Å². The predicted octanol–water partition coefficient (Wildman–Crippen LogP) is 8.88. The summed E-state index contributed by atoms with van der Waals surface area (Å²) in [5.41, 5.74) is 0. The van der Waals surface area contributed by atoms with Crippen LogP contribution in [0, 0.1) is 0 Å². The predicted molar refractivity (Wildman–Crippen MR) is 209 cm³/mol. The van der Waals surface area contributed by atoms with E-state index < -0.39 is 24.3 Å². The number of nitrogens with zero attached hydrogens (tertiary/aromatic N) is 1. The number of aliphatic hydroxyl groups is 6. The van der Waals surface area contributed by atoms with Crippen LogP contribution in [0.5, 0.6) is 0 Å². The van der Waals surface area contributed by atoms with Crippen LogP contribution in [0.4, 0.5) is 0 Å². The van der Waals surface area contributed by atoms with Crippen LogP contribution in [0.2, 0.25) is 0 Å². The van der Waals surface area contributed by atoms with Gasteiger partial charge in [0.2, 0.25) is 5.91 Å². The normalized spacial score (nSPS) is 14.4. The lowest BCUT2D eigenvalue weighted by atomic mass is 10.1. The molecule has 2 atom stereocenters. The van der Waals surface area contributed by atoms with Crippen LogP contribution >= 0.6 is 0 Å². The van der Waals surface area contributed by atoms with Crippen LogP contribution < -0.4 is 0 Å². The van der Waals surface area contributed by atoms with Crippen molar-refractivity contribution in [3.63, 3.8) is 0 Å². The Morgan fingerprint density at radius 2 is 0.882 bits per heavy atom. The Morgan fingerprint density at radius 1 is 0.510 bits per heavy atom. The van der Waals surface area contributed by atoms with Crippen molar-refractivity contribution in [3.05, 3.63) is 48.6 Å². The second-order valence-electron chi connectivity index (χ2n) is 14.0. The molecule has 0 fully saturated rings. The van der Waals surface area contributed by atoms with Crippen molar-refractivity contribution in [2.45, 2.75) is 199 Å². The van der Waals surface area contributed by atoms with Crippen LogP contribution in [0.25, 0.3) is 0 Å². The van der Waals surface area contributed by atoms with Crippen molar-refractivity contribution in [1.29, 1.82) is 0 Å². The number of unbranched alkanes of at least 4 members (excludes halogenated alkanes) is 18. The zero-order chi connectivity index (χ0) is 37.9. The molecule has 0 bridgehead atoms. The highest BCUT2D eigenvalue weighted by Crippen LogP contribution is 2.23. The molecule has 0 aromatic heterocycles. The summed E-state index contributed by atoms with van der Waals surface area (Å²) >= 11 is 0. The van der Waals surface area contributed by atoms with E-state index in [4.69, 9.17) is 9.47 Å². The van der Waals surface area contributed by atoms with Crippen LogP contribution in [0.3, 0.4) is 0 Å². The molecule has 0 aliphatic heterocycles. The Kier molecular flexibility index (Phi) is 33.4. The molecule has 0 aliphatic carbocycles. The first-order chi connectivity index (χ1) is 24.6. The summed E-state index contributed by atoms with van der Waals surface area (Å²) in [6, 6.07) is 0. The summed E-state index contributed by atoms with van der Waals surface area (Å²) in [6.45, 7) is 5.82. The highest BCUT2D eigenvalue weighted by atomic mass is 16.7. The Bertz CT molecular complexity index is 848. The average Bonchev–Trinajstić information content (AvgIpc) is 3.06. The Morgan fingerprint density at radius 3 is 1.27 bits per heavy atom. The zero-order valence-electron chi connectivity index (χ0n) is 32.8. The number of ether oxygens (including phenoxy) is 2. The van der Waals surface area contributed by atoms with Gasteiger partial charge in [0.1, 0.15) is 12.3 Å². The molecule has 9 heteroatoms. The van der Waals surface area contributed by atoms with Gasteiger partial charge in [-0.2, -0.15) is 0 Å². The Balaban J connectivity index is 4.31. The number of hydrogen-bond acceptors (Lipinski definition) is 9.